The summed E-state index contributed by atoms with van der Waals surface area (Å²) in [4.78, 5) is 32.1. The fraction of sp³-hybridized carbons (Fsp3) is 0.389. The Bertz CT molecular complexity index is 883. The lowest BCUT2D eigenvalue weighted by atomic mass is 10.1. The Morgan fingerprint density at radius 1 is 1.16 bits per heavy atom. The Morgan fingerprint density at radius 2 is 2.08 bits per heavy atom. The minimum atomic E-state index is -0.380. The van der Waals surface area contributed by atoms with E-state index in [4.69, 9.17) is 0 Å². The second-order valence-electron chi connectivity index (χ2n) is 6.85. The highest BCUT2D eigenvalue weighted by atomic mass is 16.2. The maximum Gasteiger partial charge on any atom is 0.328 e. The predicted molar refractivity (Wildman–Crippen MR) is 95.0 cm³/mol. The van der Waals surface area contributed by atoms with Crippen LogP contribution in [0.3, 0.4) is 0 Å². The first-order valence-electron chi connectivity index (χ1n) is 8.62. The predicted octanol–water partition coefficient (Wildman–Crippen LogP) is 2.02. The van der Waals surface area contributed by atoms with E-state index in [1.807, 2.05) is 18.3 Å². The third-order valence-electron chi connectivity index (χ3n) is 5.38. The molecule has 3 fully saturated rings. The average molecular weight is 336 g/mol. The summed E-state index contributed by atoms with van der Waals surface area (Å²) < 4.78 is 0. The zero-order valence-electron chi connectivity index (χ0n) is 13.7. The number of urea groups is 1. The van der Waals surface area contributed by atoms with Crippen molar-refractivity contribution in [2.45, 2.75) is 24.9 Å². The monoisotopic (exact) mass is 336 g/mol. The number of benzene rings is 1. The quantitative estimate of drug-likeness (QED) is 0.910. The molecule has 4 heterocycles. The van der Waals surface area contributed by atoms with Crippen molar-refractivity contribution in [3.8, 4) is 0 Å². The van der Waals surface area contributed by atoms with Gasteiger partial charge in [0.05, 0.1) is 11.9 Å². The fourth-order valence-corrected chi connectivity index (χ4v) is 4.19. The molecular formula is C18H18N5O2-. The number of rotatable bonds is 2. The Balaban J connectivity index is 1.59. The SMILES string of the molecule is O=C1CCN(c2cncc3c(N4C[C@@H]5C[C@H]4C[N-]5)cccc23)C(=O)N1. The summed E-state index contributed by atoms with van der Waals surface area (Å²) in [6, 6.07) is 6.68. The second kappa shape index (κ2) is 5.42. The molecule has 3 aliphatic heterocycles. The van der Waals surface area contributed by atoms with Crippen LogP contribution in [0.5, 0.6) is 0 Å². The summed E-state index contributed by atoms with van der Waals surface area (Å²) in [6.07, 6.45) is 5.00. The molecule has 0 radical (unpaired) electrons. The van der Waals surface area contributed by atoms with Gasteiger partial charge in [-0.1, -0.05) is 12.1 Å². The molecule has 3 amide bonds. The van der Waals surface area contributed by atoms with Gasteiger partial charge >= 0.3 is 6.03 Å². The maximum atomic E-state index is 12.2. The number of carbonyl (C=O) groups excluding carboxylic acids is 2. The third-order valence-corrected chi connectivity index (χ3v) is 5.38. The molecule has 25 heavy (non-hydrogen) atoms. The maximum absolute atomic E-state index is 12.2. The van der Waals surface area contributed by atoms with Crippen LogP contribution < -0.4 is 15.1 Å². The zero-order valence-corrected chi connectivity index (χ0v) is 13.7. The first-order valence-corrected chi connectivity index (χ1v) is 8.62. The summed E-state index contributed by atoms with van der Waals surface area (Å²) in [5.74, 6) is -0.230. The molecule has 5 rings (SSSR count). The molecular weight excluding hydrogens is 318 g/mol. The van der Waals surface area contributed by atoms with E-state index >= 15 is 0 Å². The molecule has 1 N–H and O–H groups in total. The van der Waals surface area contributed by atoms with Crippen LogP contribution in [0, 0.1) is 0 Å². The van der Waals surface area contributed by atoms with Crippen molar-refractivity contribution in [1.82, 2.24) is 10.3 Å². The van der Waals surface area contributed by atoms with E-state index in [9.17, 15) is 9.59 Å². The number of anilines is 2. The van der Waals surface area contributed by atoms with Crippen molar-refractivity contribution in [3.63, 3.8) is 0 Å². The Morgan fingerprint density at radius 3 is 2.84 bits per heavy atom. The number of nitrogens with one attached hydrogen (secondary N) is 1. The normalized spacial score (nSPS) is 25.8. The van der Waals surface area contributed by atoms with Crippen molar-refractivity contribution >= 4 is 34.1 Å². The topological polar surface area (TPSA) is 79.6 Å². The van der Waals surface area contributed by atoms with Crippen LogP contribution in [0.4, 0.5) is 16.2 Å². The van der Waals surface area contributed by atoms with Gasteiger partial charge in [0.1, 0.15) is 0 Å². The number of aromatic nitrogens is 1. The van der Waals surface area contributed by atoms with E-state index < -0.39 is 0 Å². The van der Waals surface area contributed by atoms with E-state index in [0.717, 1.165) is 41.7 Å². The van der Waals surface area contributed by atoms with Gasteiger partial charge in [-0.2, -0.15) is 0 Å². The number of amides is 3. The van der Waals surface area contributed by atoms with E-state index in [1.165, 1.54) is 0 Å². The minimum Gasteiger partial charge on any atom is -0.656 e. The van der Waals surface area contributed by atoms with Crippen molar-refractivity contribution in [3.05, 3.63) is 35.9 Å². The van der Waals surface area contributed by atoms with Crippen molar-refractivity contribution in [1.29, 1.82) is 0 Å². The van der Waals surface area contributed by atoms with Crippen LogP contribution in [0.25, 0.3) is 16.1 Å². The van der Waals surface area contributed by atoms with Crippen LogP contribution in [0.1, 0.15) is 12.8 Å². The summed E-state index contributed by atoms with van der Waals surface area (Å²) in [7, 11) is 0. The molecule has 1 aromatic heterocycles. The summed E-state index contributed by atoms with van der Waals surface area (Å²) in [5.41, 5.74) is 1.90. The lowest BCUT2D eigenvalue weighted by molar-refractivity contribution is -0.120. The number of hydrogen-bond donors (Lipinski definition) is 1. The highest BCUT2D eigenvalue weighted by Crippen LogP contribution is 2.40. The molecule has 0 spiro atoms. The molecule has 0 unspecified atom stereocenters. The lowest BCUT2D eigenvalue weighted by Gasteiger charge is -2.37. The first kappa shape index (κ1) is 14.7. The largest absolute Gasteiger partial charge is 0.656 e. The van der Waals surface area contributed by atoms with Crippen LogP contribution in [0.2, 0.25) is 0 Å². The van der Waals surface area contributed by atoms with E-state index in [1.54, 1.807) is 11.1 Å². The van der Waals surface area contributed by atoms with Gasteiger partial charge in [-0.05, 0) is 12.5 Å². The number of fused-ring (bicyclic) bond motifs is 3. The van der Waals surface area contributed by atoms with Crippen LogP contribution in [-0.4, -0.2) is 48.6 Å². The Kier molecular flexibility index (Phi) is 3.18. The number of nitrogens with zero attached hydrogens (tertiary/aromatic N) is 4. The van der Waals surface area contributed by atoms with E-state index in [-0.39, 0.29) is 11.9 Å². The van der Waals surface area contributed by atoms with Crippen LogP contribution >= 0.6 is 0 Å². The number of hydrogen-bond acceptors (Lipinski definition) is 4. The van der Waals surface area contributed by atoms with Crippen molar-refractivity contribution < 1.29 is 9.59 Å². The van der Waals surface area contributed by atoms with Gasteiger partial charge in [0, 0.05) is 48.2 Å². The molecule has 1 aromatic carbocycles. The van der Waals surface area contributed by atoms with Gasteiger partial charge in [-0.25, -0.2) is 4.79 Å². The van der Waals surface area contributed by atoms with Crippen molar-refractivity contribution in [2.24, 2.45) is 0 Å². The molecule has 7 nitrogen and oxygen atoms in total. The first-order chi connectivity index (χ1) is 12.2. The van der Waals surface area contributed by atoms with Gasteiger partial charge in [-0.3, -0.25) is 20.0 Å². The highest BCUT2D eigenvalue weighted by Gasteiger charge is 2.32. The molecule has 0 saturated carbocycles. The minimum absolute atomic E-state index is 0.230. The zero-order chi connectivity index (χ0) is 17.0. The van der Waals surface area contributed by atoms with Gasteiger partial charge in [0.15, 0.2) is 0 Å². The number of imide groups is 1. The molecule has 2 atom stereocenters. The molecule has 2 aromatic rings. The number of pyridine rings is 1. The summed E-state index contributed by atoms with van der Waals surface area (Å²) >= 11 is 0. The van der Waals surface area contributed by atoms with Gasteiger partial charge < -0.3 is 10.2 Å². The standard InChI is InChI=1S/C18H18N5O2/c24-17-4-5-22(18(25)21-17)16-9-19-8-14-13(16)2-1-3-15(14)23-10-11-6-12(23)7-20-11/h1-3,8-9,11-12H,4-7,10H2,(H,21,24,25)/q-1/t11-,12-/m0/s1. The highest BCUT2D eigenvalue weighted by molar-refractivity contribution is 6.11. The van der Waals surface area contributed by atoms with Gasteiger partial charge in [0.2, 0.25) is 5.91 Å². The molecule has 2 bridgehead atoms. The molecule has 128 valence electrons. The van der Waals surface area contributed by atoms with E-state index in [0.29, 0.717) is 25.0 Å². The van der Waals surface area contributed by atoms with E-state index in [2.05, 4.69) is 26.6 Å². The molecule has 7 heteroatoms. The van der Waals surface area contributed by atoms with Gasteiger partial charge in [0.25, 0.3) is 0 Å². The third kappa shape index (κ3) is 2.26. The number of piperazine rings is 1. The fourth-order valence-electron chi connectivity index (χ4n) is 4.19. The molecule has 0 aliphatic carbocycles. The van der Waals surface area contributed by atoms with Crippen LogP contribution in [0.15, 0.2) is 30.6 Å². The van der Waals surface area contributed by atoms with Crippen LogP contribution in [-0.2, 0) is 4.79 Å². The summed E-state index contributed by atoms with van der Waals surface area (Å²) in [5, 5.41) is 9.02. The second-order valence-corrected chi connectivity index (χ2v) is 6.85. The average Bonchev–Trinajstić information content (AvgIpc) is 3.24. The summed E-state index contributed by atoms with van der Waals surface area (Å²) in [6.45, 7) is 2.22. The van der Waals surface area contributed by atoms with Gasteiger partial charge in [-0.15, -0.1) is 12.6 Å². The molecule has 3 aliphatic rings. The lowest BCUT2D eigenvalue weighted by Crippen LogP contribution is -2.49. The van der Waals surface area contributed by atoms with Crippen molar-refractivity contribution in [2.75, 3.05) is 29.4 Å². The Labute approximate surface area is 145 Å². The smallest absolute Gasteiger partial charge is 0.328 e. The number of carbonyl (C=O) groups is 2. The molecule has 3 saturated heterocycles. The Hall–Kier alpha value is -2.67.